The number of carbonyl (C=O) groups is 1. The number of rotatable bonds is 2. The van der Waals surface area contributed by atoms with Gasteiger partial charge in [0.1, 0.15) is 5.01 Å². The Kier molecular flexibility index (Phi) is 3.52. The molecule has 19 heavy (non-hydrogen) atoms. The van der Waals surface area contributed by atoms with Gasteiger partial charge >= 0.3 is 6.18 Å². The molecule has 1 heterocycles. The number of hydrogen-bond acceptors (Lipinski definition) is 4. The van der Waals surface area contributed by atoms with Gasteiger partial charge in [0, 0.05) is 0 Å². The van der Waals surface area contributed by atoms with Gasteiger partial charge in [-0.25, -0.2) is 0 Å². The molecule has 1 amide bonds. The average molecular weight is 287 g/mol. The van der Waals surface area contributed by atoms with Gasteiger partial charge in [0.25, 0.3) is 5.91 Å². The minimum Gasteiger partial charge on any atom is -0.296 e. The van der Waals surface area contributed by atoms with Gasteiger partial charge in [-0.15, -0.1) is 10.2 Å². The van der Waals surface area contributed by atoms with Crippen LogP contribution in [0.2, 0.25) is 0 Å². The Morgan fingerprint density at radius 1 is 1.26 bits per heavy atom. The number of nitrogens with one attached hydrogen (secondary N) is 1. The zero-order valence-corrected chi connectivity index (χ0v) is 10.5. The molecule has 2 aromatic rings. The lowest BCUT2D eigenvalue weighted by molar-refractivity contribution is -0.137. The van der Waals surface area contributed by atoms with Crippen LogP contribution in [0.3, 0.4) is 0 Å². The molecule has 0 atom stereocenters. The monoisotopic (exact) mass is 287 g/mol. The lowest BCUT2D eigenvalue weighted by Crippen LogP contribution is -2.18. The summed E-state index contributed by atoms with van der Waals surface area (Å²) < 4.78 is 38.2. The number of amides is 1. The third-order valence-electron chi connectivity index (χ3n) is 2.22. The van der Waals surface area contributed by atoms with Crippen LogP contribution in [0.4, 0.5) is 18.3 Å². The highest BCUT2D eigenvalue weighted by molar-refractivity contribution is 7.15. The van der Waals surface area contributed by atoms with Crippen molar-refractivity contribution in [2.45, 2.75) is 13.1 Å². The minimum absolute atomic E-state index is 0.166. The molecule has 1 aromatic carbocycles. The molecule has 0 aliphatic rings. The normalized spacial score (nSPS) is 11.4. The van der Waals surface area contributed by atoms with E-state index in [4.69, 9.17) is 0 Å². The molecule has 8 heteroatoms. The highest BCUT2D eigenvalue weighted by Crippen LogP contribution is 2.32. The van der Waals surface area contributed by atoms with Crippen LogP contribution >= 0.6 is 11.3 Å². The Balaban J connectivity index is 2.29. The molecule has 0 radical (unpaired) electrons. The summed E-state index contributed by atoms with van der Waals surface area (Å²) in [7, 11) is 0. The summed E-state index contributed by atoms with van der Waals surface area (Å²) in [6, 6.07) is 4.58. The first-order valence-electron chi connectivity index (χ1n) is 5.15. The number of anilines is 1. The third-order valence-corrected chi connectivity index (χ3v) is 2.98. The second kappa shape index (κ2) is 4.96. The molecule has 2 rings (SSSR count). The van der Waals surface area contributed by atoms with Crippen LogP contribution in [-0.2, 0) is 6.18 Å². The van der Waals surface area contributed by atoms with Gasteiger partial charge in [0.15, 0.2) is 0 Å². The van der Waals surface area contributed by atoms with Gasteiger partial charge in [-0.3, -0.25) is 10.1 Å². The van der Waals surface area contributed by atoms with E-state index < -0.39 is 23.2 Å². The van der Waals surface area contributed by atoms with Crippen LogP contribution in [0.1, 0.15) is 20.9 Å². The van der Waals surface area contributed by atoms with Crippen molar-refractivity contribution in [3.05, 3.63) is 40.4 Å². The van der Waals surface area contributed by atoms with Gasteiger partial charge in [0.05, 0.1) is 11.1 Å². The lowest BCUT2D eigenvalue weighted by atomic mass is 10.1. The van der Waals surface area contributed by atoms with E-state index in [2.05, 4.69) is 15.5 Å². The highest BCUT2D eigenvalue weighted by atomic mass is 32.1. The number of benzene rings is 1. The number of nitrogens with zero attached hydrogens (tertiary/aromatic N) is 2. The van der Waals surface area contributed by atoms with Crippen LogP contribution in [0.15, 0.2) is 24.3 Å². The molecule has 0 bridgehead atoms. The van der Waals surface area contributed by atoms with Crippen molar-refractivity contribution >= 4 is 22.4 Å². The number of carbonyl (C=O) groups excluding carboxylic acids is 1. The first kappa shape index (κ1) is 13.5. The Labute approximate surface area is 110 Å². The number of alkyl halides is 3. The van der Waals surface area contributed by atoms with E-state index in [0.29, 0.717) is 5.01 Å². The van der Waals surface area contributed by atoms with E-state index in [1.165, 1.54) is 12.1 Å². The SMILES string of the molecule is Cc1nnc(NC(=O)c2ccccc2C(F)(F)F)s1. The summed E-state index contributed by atoms with van der Waals surface area (Å²) in [5, 5.41) is 10.4. The zero-order valence-electron chi connectivity index (χ0n) is 9.65. The quantitative estimate of drug-likeness (QED) is 0.923. The molecule has 0 aliphatic carbocycles. The van der Waals surface area contributed by atoms with Crippen molar-refractivity contribution in [3.8, 4) is 0 Å². The summed E-state index contributed by atoms with van der Waals surface area (Å²) >= 11 is 1.09. The smallest absolute Gasteiger partial charge is 0.296 e. The van der Waals surface area contributed by atoms with E-state index in [9.17, 15) is 18.0 Å². The van der Waals surface area contributed by atoms with Crippen molar-refractivity contribution in [1.29, 1.82) is 0 Å². The first-order valence-corrected chi connectivity index (χ1v) is 5.97. The van der Waals surface area contributed by atoms with E-state index >= 15 is 0 Å². The third kappa shape index (κ3) is 3.08. The number of aromatic nitrogens is 2. The standard InChI is InChI=1S/C11H8F3N3OS/c1-6-16-17-10(19-6)15-9(18)7-4-2-3-5-8(7)11(12,13)14/h2-5H,1H3,(H,15,17,18). The van der Waals surface area contributed by atoms with Gasteiger partial charge in [-0.05, 0) is 19.1 Å². The molecule has 0 aliphatic heterocycles. The molecule has 0 unspecified atom stereocenters. The summed E-state index contributed by atoms with van der Waals surface area (Å²) in [5.41, 5.74) is -1.42. The van der Waals surface area contributed by atoms with Crippen molar-refractivity contribution in [3.63, 3.8) is 0 Å². The predicted molar refractivity (Wildman–Crippen MR) is 64.0 cm³/mol. The molecule has 4 nitrogen and oxygen atoms in total. The first-order chi connectivity index (χ1) is 8.88. The maximum Gasteiger partial charge on any atom is 0.417 e. The van der Waals surface area contributed by atoms with Gasteiger partial charge in [-0.1, -0.05) is 23.5 Å². The fraction of sp³-hybridized carbons (Fsp3) is 0.182. The second-order valence-electron chi connectivity index (χ2n) is 3.62. The summed E-state index contributed by atoms with van der Waals surface area (Å²) in [4.78, 5) is 11.8. The average Bonchev–Trinajstić information content (AvgIpc) is 2.73. The molecule has 0 spiro atoms. The highest BCUT2D eigenvalue weighted by Gasteiger charge is 2.34. The molecule has 1 N–H and O–H groups in total. The van der Waals surface area contributed by atoms with Crippen molar-refractivity contribution in [2.24, 2.45) is 0 Å². The fourth-order valence-corrected chi connectivity index (χ4v) is 2.03. The van der Waals surface area contributed by atoms with Crippen LogP contribution in [0.25, 0.3) is 0 Å². The van der Waals surface area contributed by atoms with Crippen molar-refractivity contribution in [1.82, 2.24) is 10.2 Å². The molecule has 0 fully saturated rings. The van der Waals surface area contributed by atoms with Crippen LogP contribution in [0, 0.1) is 6.92 Å². The Bertz CT molecular complexity index is 609. The van der Waals surface area contributed by atoms with E-state index in [0.717, 1.165) is 23.5 Å². The lowest BCUT2D eigenvalue weighted by Gasteiger charge is -2.11. The number of hydrogen-bond donors (Lipinski definition) is 1. The Morgan fingerprint density at radius 3 is 2.53 bits per heavy atom. The van der Waals surface area contributed by atoms with Gasteiger partial charge in [0.2, 0.25) is 5.13 Å². The van der Waals surface area contributed by atoms with E-state index in [1.54, 1.807) is 6.92 Å². The van der Waals surface area contributed by atoms with Crippen LogP contribution < -0.4 is 5.32 Å². The summed E-state index contributed by atoms with van der Waals surface area (Å²) in [6.07, 6.45) is -4.58. The van der Waals surface area contributed by atoms with E-state index in [-0.39, 0.29) is 5.13 Å². The molecular weight excluding hydrogens is 279 g/mol. The zero-order chi connectivity index (χ0) is 14.0. The number of aryl methyl sites for hydroxylation is 1. The predicted octanol–water partition coefficient (Wildman–Crippen LogP) is 3.12. The van der Waals surface area contributed by atoms with Crippen molar-refractivity contribution < 1.29 is 18.0 Å². The second-order valence-corrected chi connectivity index (χ2v) is 4.81. The minimum atomic E-state index is -4.58. The van der Waals surface area contributed by atoms with E-state index in [1.807, 2.05) is 0 Å². The molecule has 1 aromatic heterocycles. The topological polar surface area (TPSA) is 54.9 Å². The number of halogens is 3. The fourth-order valence-electron chi connectivity index (χ4n) is 1.44. The van der Waals surface area contributed by atoms with Gasteiger partial charge < -0.3 is 0 Å². The van der Waals surface area contributed by atoms with Crippen LogP contribution in [0.5, 0.6) is 0 Å². The summed E-state index contributed by atoms with van der Waals surface area (Å²) in [5.74, 6) is -0.857. The molecule has 0 saturated carbocycles. The molecular formula is C11H8F3N3OS. The molecule has 100 valence electrons. The maximum absolute atomic E-state index is 12.7. The largest absolute Gasteiger partial charge is 0.417 e. The van der Waals surface area contributed by atoms with Gasteiger partial charge in [-0.2, -0.15) is 13.2 Å². The molecule has 0 saturated heterocycles. The Morgan fingerprint density at radius 2 is 1.95 bits per heavy atom. The summed E-state index contributed by atoms with van der Waals surface area (Å²) in [6.45, 7) is 1.68. The maximum atomic E-state index is 12.7. The Hall–Kier alpha value is -1.96. The van der Waals surface area contributed by atoms with Crippen LogP contribution in [-0.4, -0.2) is 16.1 Å². The van der Waals surface area contributed by atoms with Crippen molar-refractivity contribution in [2.75, 3.05) is 5.32 Å².